The van der Waals surface area contributed by atoms with Gasteiger partial charge in [0.15, 0.2) is 28.4 Å². The minimum Gasteiger partial charge on any atom is -0.461 e. The van der Waals surface area contributed by atoms with E-state index in [2.05, 4.69) is 43.9 Å². The second kappa shape index (κ2) is 11.3. The molecule has 4 rings (SSSR count). The van der Waals surface area contributed by atoms with E-state index in [9.17, 15) is 9.90 Å². The molecular formula is C25H35N7O5. The second-order valence-electron chi connectivity index (χ2n) is 9.70. The Kier molecular flexibility index (Phi) is 8.10. The number of fused-ring (bicyclic) bond motifs is 1. The third-order valence-corrected chi connectivity index (χ3v) is 6.33. The molecule has 3 heterocycles. The molecule has 0 saturated carbocycles. The summed E-state index contributed by atoms with van der Waals surface area (Å²) in [6, 6.07) is 8.42. The maximum absolute atomic E-state index is 11.4. The summed E-state index contributed by atoms with van der Waals surface area (Å²) < 4.78 is 17.7. The van der Waals surface area contributed by atoms with E-state index in [1.165, 1.54) is 5.56 Å². The van der Waals surface area contributed by atoms with Crippen molar-refractivity contribution >= 4 is 23.1 Å². The van der Waals surface area contributed by atoms with Gasteiger partial charge in [0.25, 0.3) is 0 Å². The average Bonchev–Trinajstić information content (AvgIpc) is 3.20. The molecule has 0 radical (unpaired) electrons. The van der Waals surface area contributed by atoms with E-state index >= 15 is 0 Å². The van der Waals surface area contributed by atoms with Crippen molar-refractivity contribution < 1.29 is 24.1 Å². The molecule has 1 aromatic carbocycles. The van der Waals surface area contributed by atoms with Crippen LogP contribution in [-0.2, 0) is 28.2 Å². The van der Waals surface area contributed by atoms with Crippen LogP contribution in [0.4, 0.5) is 10.6 Å². The Bertz CT molecular complexity index is 1240. The number of methoxy groups -OCH3 is 1. The number of piperazine rings is 1. The fourth-order valence-electron chi connectivity index (χ4n) is 4.43. The summed E-state index contributed by atoms with van der Waals surface area (Å²) in [6.07, 6.45) is -1.40. The fraction of sp³-hybridized carbons (Fsp3) is 0.520. The van der Waals surface area contributed by atoms with Crippen molar-refractivity contribution in [1.29, 1.82) is 0 Å². The molecule has 0 bridgehead atoms. The molecule has 12 nitrogen and oxygen atoms in total. The normalized spacial score (nSPS) is 15.2. The van der Waals surface area contributed by atoms with E-state index in [1.54, 1.807) is 21.0 Å². The van der Waals surface area contributed by atoms with Gasteiger partial charge in [-0.25, -0.2) is 9.78 Å². The van der Waals surface area contributed by atoms with Gasteiger partial charge in [-0.15, -0.1) is 0 Å². The Morgan fingerprint density at radius 2 is 1.78 bits per heavy atom. The van der Waals surface area contributed by atoms with E-state index in [-0.39, 0.29) is 18.4 Å². The van der Waals surface area contributed by atoms with Crippen LogP contribution < -0.4 is 10.5 Å². The number of anilines is 1. The van der Waals surface area contributed by atoms with Crippen LogP contribution in [0.15, 0.2) is 24.3 Å². The molecule has 200 valence electrons. The lowest BCUT2D eigenvalue weighted by molar-refractivity contribution is -0.00576. The minimum absolute atomic E-state index is 0.0931. The van der Waals surface area contributed by atoms with Gasteiger partial charge in [0.05, 0.1) is 13.2 Å². The van der Waals surface area contributed by atoms with Gasteiger partial charge in [-0.2, -0.15) is 9.97 Å². The molecule has 1 saturated heterocycles. The molecule has 3 aromatic rings. The predicted octanol–water partition coefficient (Wildman–Crippen LogP) is 2.16. The van der Waals surface area contributed by atoms with Gasteiger partial charge in [0.2, 0.25) is 0 Å². The number of hydrogen-bond donors (Lipinski definition) is 2. The number of nitrogens with two attached hydrogens (primary N) is 1. The summed E-state index contributed by atoms with van der Waals surface area (Å²) in [5.74, 6) is 0.497. The number of nitrogens with zero attached hydrogens (tertiary/aromatic N) is 6. The van der Waals surface area contributed by atoms with Gasteiger partial charge in [-0.1, -0.05) is 24.3 Å². The molecular weight excluding hydrogens is 478 g/mol. The Labute approximate surface area is 216 Å². The van der Waals surface area contributed by atoms with Crippen LogP contribution >= 0.6 is 0 Å². The SMILES string of the molecule is COCCOc1nc(N)c2nc(C(C)(C)OC(=O)O)n(Cc3cccc(CN4CCN(C)CC4)c3)c2n1. The first-order valence-electron chi connectivity index (χ1n) is 12.2. The van der Waals surface area contributed by atoms with Crippen LogP contribution in [0.3, 0.4) is 0 Å². The highest BCUT2D eigenvalue weighted by molar-refractivity contribution is 5.83. The number of likely N-dealkylation sites (N-methyl/N-ethyl adjacent to an activating group) is 1. The monoisotopic (exact) mass is 513 g/mol. The van der Waals surface area contributed by atoms with Crippen molar-refractivity contribution in [3.05, 3.63) is 41.2 Å². The van der Waals surface area contributed by atoms with Crippen molar-refractivity contribution in [1.82, 2.24) is 29.3 Å². The fourth-order valence-corrected chi connectivity index (χ4v) is 4.43. The van der Waals surface area contributed by atoms with Crippen molar-refractivity contribution in [2.45, 2.75) is 32.5 Å². The minimum atomic E-state index is -1.40. The van der Waals surface area contributed by atoms with Crippen LogP contribution in [0.1, 0.15) is 30.8 Å². The smallest absolute Gasteiger partial charge is 0.461 e. The van der Waals surface area contributed by atoms with Gasteiger partial charge in [0, 0.05) is 39.8 Å². The van der Waals surface area contributed by atoms with Crippen LogP contribution in [0, 0.1) is 0 Å². The average molecular weight is 514 g/mol. The quantitative estimate of drug-likeness (QED) is 0.304. The highest BCUT2D eigenvalue weighted by atomic mass is 16.7. The van der Waals surface area contributed by atoms with E-state index in [0.717, 1.165) is 38.3 Å². The molecule has 0 atom stereocenters. The lowest BCUT2D eigenvalue weighted by atomic mass is 10.1. The molecule has 2 aromatic heterocycles. The largest absolute Gasteiger partial charge is 0.506 e. The molecule has 1 fully saturated rings. The number of aromatic nitrogens is 4. The van der Waals surface area contributed by atoms with Crippen LogP contribution in [0.2, 0.25) is 0 Å². The summed E-state index contributed by atoms with van der Waals surface area (Å²) in [4.78, 5) is 29.6. The van der Waals surface area contributed by atoms with E-state index in [0.29, 0.717) is 30.1 Å². The van der Waals surface area contributed by atoms with Gasteiger partial charge in [-0.3, -0.25) is 4.90 Å². The molecule has 0 amide bonds. The van der Waals surface area contributed by atoms with Gasteiger partial charge in [0.1, 0.15) is 6.61 Å². The number of nitrogen functional groups attached to an aromatic ring is 1. The summed E-state index contributed by atoms with van der Waals surface area (Å²) in [5.41, 5.74) is 7.94. The maximum atomic E-state index is 11.4. The van der Waals surface area contributed by atoms with Gasteiger partial charge in [-0.05, 0) is 32.0 Å². The summed E-state index contributed by atoms with van der Waals surface area (Å²) in [5, 5.41) is 9.34. The highest BCUT2D eigenvalue weighted by Crippen LogP contribution is 2.31. The number of rotatable bonds is 10. The standard InChI is InChI=1S/C25H35N7O5/c1-25(2,37-24(33)34)22-27-19-20(26)28-23(36-13-12-35-4)29-21(19)32(22)16-18-7-5-6-17(14-18)15-31-10-8-30(3)9-11-31/h5-7,14H,8-13,15-16H2,1-4H3,(H,33,34)(H2,26,28,29). The van der Waals surface area contributed by atoms with Crippen molar-refractivity contribution in [2.75, 3.05) is 59.3 Å². The Morgan fingerprint density at radius 1 is 1.08 bits per heavy atom. The number of carboxylic acid groups (broad SMARTS) is 1. The molecule has 0 unspecified atom stereocenters. The zero-order chi connectivity index (χ0) is 26.6. The second-order valence-corrected chi connectivity index (χ2v) is 9.70. The highest BCUT2D eigenvalue weighted by Gasteiger charge is 2.33. The Morgan fingerprint density at radius 3 is 2.46 bits per heavy atom. The summed E-state index contributed by atoms with van der Waals surface area (Å²) in [7, 11) is 3.72. The maximum Gasteiger partial charge on any atom is 0.506 e. The first-order chi connectivity index (χ1) is 17.7. The van der Waals surface area contributed by atoms with Crippen LogP contribution in [0.5, 0.6) is 6.01 Å². The zero-order valence-corrected chi connectivity index (χ0v) is 21.8. The topological polar surface area (TPSA) is 141 Å². The molecule has 3 N–H and O–H groups in total. The van der Waals surface area contributed by atoms with Gasteiger partial charge < -0.3 is 34.5 Å². The molecule has 1 aliphatic heterocycles. The summed E-state index contributed by atoms with van der Waals surface area (Å²) >= 11 is 0. The zero-order valence-electron chi connectivity index (χ0n) is 21.8. The Balaban J connectivity index is 1.70. The number of carbonyl (C=O) groups is 1. The first-order valence-corrected chi connectivity index (χ1v) is 12.2. The van der Waals surface area contributed by atoms with Gasteiger partial charge >= 0.3 is 12.2 Å². The van der Waals surface area contributed by atoms with Crippen LogP contribution in [0.25, 0.3) is 11.2 Å². The third kappa shape index (κ3) is 6.45. The third-order valence-electron chi connectivity index (χ3n) is 6.33. The summed E-state index contributed by atoms with van der Waals surface area (Å²) in [6.45, 7) is 9.30. The molecule has 12 heteroatoms. The molecule has 0 spiro atoms. The van der Waals surface area contributed by atoms with Crippen LogP contribution in [-0.4, -0.2) is 94.1 Å². The molecule has 1 aliphatic rings. The van der Waals surface area contributed by atoms with E-state index in [1.807, 2.05) is 16.7 Å². The first kappa shape index (κ1) is 26.6. The van der Waals surface area contributed by atoms with Crippen molar-refractivity contribution in [2.24, 2.45) is 0 Å². The van der Waals surface area contributed by atoms with E-state index in [4.69, 9.17) is 19.9 Å². The number of hydrogen-bond acceptors (Lipinski definition) is 10. The lowest BCUT2D eigenvalue weighted by Gasteiger charge is -2.32. The Hall–Kier alpha value is -3.48. The van der Waals surface area contributed by atoms with E-state index < -0.39 is 11.8 Å². The predicted molar refractivity (Wildman–Crippen MR) is 138 cm³/mol. The number of imidazole rings is 1. The number of ether oxygens (including phenoxy) is 3. The lowest BCUT2D eigenvalue weighted by Crippen LogP contribution is -2.43. The molecule has 37 heavy (non-hydrogen) atoms. The molecule has 0 aliphatic carbocycles. The number of benzene rings is 1. The van der Waals surface area contributed by atoms with Crippen molar-refractivity contribution in [3.63, 3.8) is 0 Å². The van der Waals surface area contributed by atoms with Crippen molar-refractivity contribution in [3.8, 4) is 6.01 Å².